The number of aryl methyl sites for hydroxylation is 1. The number of aromatic nitrogens is 1. The van der Waals surface area contributed by atoms with Crippen molar-refractivity contribution >= 4 is 5.91 Å². The van der Waals surface area contributed by atoms with E-state index < -0.39 is 0 Å². The number of hydrogen-bond acceptors (Lipinski definition) is 3. The van der Waals surface area contributed by atoms with Crippen LogP contribution in [0.3, 0.4) is 0 Å². The van der Waals surface area contributed by atoms with E-state index in [-0.39, 0.29) is 18.6 Å². The molecular formula is C10H12N2O2. The number of pyridine rings is 1. The third-order valence-electron chi connectivity index (χ3n) is 2.42. The van der Waals surface area contributed by atoms with E-state index in [1.165, 1.54) is 0 Å². The molecule has 0 fully saturated rings. The molecular weight excluding hydrogens is 180 g/mol. The molecule has 1 aliphatic rings. The number of fused-ring (bicyclic) bond motifs is 1. The van der Waals surface area contributed by atoms with E-state index in [1.807, 2.05) is 12.1 Å². The van der Waals surface area contributed by atoms with Crippen LogP contribution in [0.5, 0.6) is 0 Å². The van der Waals surface area contributed by atoms with Gasteiger partial charge < -0.3 is 10.4 Å². The van der Waals surface area contributed by atoms with Crippen LogP contribution in [0.25, 0.3) is 0 Å². The molecule has 0 unspecified atom stereocenters. The fraction of sp³-hybridized carbons (Fsp3) is 0.400. The first-order valence-electron chi connectivity index (χ1n) is 4.67. The third kappa shape index (κ3) is 1.61. The Bertz CT molecular complexity index is 352. The summed E-state index contributed by atoms with van der Waals surface area (Å²) in [7, 11) is 0. The van der Waals surface area contributed by atoms with Crippen LogP contribution in [0.15, 0.2) is 18.3 Å². The topological polar surface area (TPSA) is 62.2 Å². The van der Waals surface area contributed by atoms with Gasteiger partial charge >= 0.3 is 0 Å². The van der Waals surface area contributed by atoms with Crippen LogP contribution in [0, 0.1) is 0 Å². The predicted octanol–water partition coefficient (Wildman–Crippen LogP) is 0.118. The molecule has 2 heterocycles. The summed E-state index contributed by atoms with van der Waals surface area (Å²) in [4.78, 5) is 15.6. The first-order chi connectivity index (χ1) is 6.81. The minimum absolute atomic E-state index is 0.0142. The van der Waals surface area contributed by atoms with Gasteiger partial charge in [0.2, 0.25) is 0 Å². The van der Waals surface area contributed by atoms with E-state index in [2.05, 4.69) is 10.3 Å². The van der Waals surface area contributed by atoms with Crippen molar-refractivity contribution in [1.82, 2.24) is 10.3 Å². The fourth-order valence-electron chi connectivity index (χ4n) is 1.64. The standard InChI is InChI=1S/C10H12N2O2/c13-6-8-4-3-7-2-1-5-11-9(7)10(14)12-8/h1-2,5,8,13H,3-4,6H2,(H,12,14)/t8-/m0/s1. The van der Waals surface area contributed by atoms with E-state index in [0.29, 0.717) is 5.69 Å². The van der Waals surface area contributed by atoms with Crippen LogP contribution in [-0.4, -0.2) is 28.6 Å². The molecule has 2 N–H and O–H groups in total. The Morgan fingerprint density at radius 2 is 2.50 bits per heavy atom. The molecule has 4 nitrogen and oxygen atoms in total. The first-order valence-corrected chi connectivity index (χ1v) is 4.67. The Morgan fingerprint density at radius 3 is 3.29 bits per heavy atom. The van der Waals surface area contributed by atoms with E-state index in [1.54, 1.807) is 6.20 Å². The van der Waals surface area contributed by atoms with Crippen LogP contribution < -0.4 is 5.32 Å². The number of carbonyl (C=O) groups excluding carboxylic acids is 1. The molecule has 2 rings (SSSR count). The summed E-state index contributed by atoms with van der Waals surface area (Å²) >= 11 is 0. The lowest BCUT2D eigenvalue weighted by molar-refractivity contribution is 0.0915. The highest BCUT2D eigenvalue weighted by atomic mass is 16.3. The monoisotopic (exact) mass is 192 g/mol. The molecule has 1 amide bonds. The maximum Gasteiger partial charge on any atom is 0.270 e. The van der Waals surface area contributed by atoms with Crippen molar-refractivity contribution in [3.05, 3.63) is 29.6 Å². The number of amides is 1. The Kier molecular flexibility index (Phi) is 2.45. The summed E-state index contributed by atoms with van der Waals surface area (Å²) < 4.78 is 0. The molecule has 0 spiro atoms. The van der Waals surface area contributed by atoms with Gasteiger partial charge in [0.05, 0.1) is 12.6 Å². The predicted molar refractivity (Wildman–Crippen MR) is 50.9 cm³/mol. The molecule has 1 aliphatic heterocycles. The second kappa shape index (κ2) is 3.75. The number of rotatable bonds is 1. The number of aliphatic hydroxyl groups is 1. The molecule has 14 heavy (non-hydrogen) atoms. The van der Waals surface area contributed by atoms with Crippen molar-refractivity contribution in [2.75, 3.05) is 6.61 Å². The molecule has 1 aromatic rings. The van der Waals surface area contributed by atoms with Crippen LogP contribution in [0.2, 0.25) is 0 Å². The van der Waals surface area contributed by atoms with Crippen molar-refractivity contribution in [2.45, 2.75) is 18.9 Å². The van der Waals surface area contributed by atoms with Crippen LogP contribution in [-0.2, 0) is 6.42 Å². The number of nitrogens with one attached hydrogen (secondary N) is 1. The fourth-order valence-corrected chi connectivity index (χ4v) is 1.64. The van der Waals surface area contributed by atoms with Gasteiger partial charge in [-0.15, -0.1) is 0 Å². The Hall–Kier alpha value is -1.42. The molecule has 0 aliphatic carbocycles. The van der Waals surface area contributed by atoms with Gasteiger partial charge in [-0.2, -0.15) is 0 Å². The highest BCUT2D eigenvalue weighted by Gasteiger charge is 2.21. The second-order valence-electron chi connectivity index (χ2n) is 3.40. The molecule has 0 radical (unpaired) electrons. The van der Waals surface area contributed by atoms with Crippen molar-refractivity contribution in [3.8, 4) is 0 Å². The third-order valence-corrected chi connectivity index (χ3v) is 2.42. The summed E-state index contributed by atoms with van der Waals surface area (Å²) in [6.45, 7) is -0.0142. The van der Waals surface area contributed by atoms with Gasteiger partial charge in [0.25, 0.3) is 5.91 Å². The molecule has 1 aromatic heterocycles. The zero-order chi connectivity index (χ0) is 9.97. The van der Waals surface area contributed by atoms with E-state index in [4.69, 9.17) is 5.11 Å². The lowest BCUT2D eigenvalue weighted by Crippen LogP contribution is -2.36. The number of hydrogen-bond donors (Lipinski definition) is 2. The van der Waals surface area contributed by atoms with Gasteiger partial charge in [0.1, 0.15) is 5.69 Å². The van der Waals surface area contributed by atoms with E-state index in [0.717, 1.165) is 18.4 Å². The summed E-state index contributed by atoms with van der Waals surface area (Å²) in [6, 6.07) is 3.59. The largest absolute Gasteiger partial charge is 0.394 e. The van der Waals surface area contributed by atoms with Crippen molar-refractivity contribution in [2.24, 2.45) is 0 Å². The second-order valence-corrected chi connectivity index (χ2v) is 3.40. The molecule has 1 atom stereocenters. The maximum absolute atomic E-state index is 11.6. The van der Waals surface area contributed by atoms with Crippen molar-refractivity contribution in [1.29, 1.82) is 0 Å². The quantitative estimate of drug-likeness (QED) is 0.664. The number of nitrogens with zero attached hydrogens (tertiary/aromatic N) is 1. The zero-order valence-electron chi connectivity index (χ0n) is 7.73. The normalized spacial score (nSPS) is 20.9. The Morgan fingerprint density at radius 1 is 1.64 bits per heavy atom. The van der Waals surface area contributed by atoms with Crippen molar-refractivity contribution in [3.63, 3.8) is 0 Å². The Labute approximate surface area is 82.0 Å². The van der Waals surface area contributed by atoms with Gasteiger partial charge in [-0.25, -0.2) is 0 Å². The zero-order valence-corrected chi connectivity index (χ0v) is 7.73. The summed E-state index contributed by atoms with van der Waals surface area (Å²) in [5, 5.41) is 11.7. The van der Waals surface area contributed by atoms with Crippen LogP contribution >= 0.6 is 0 Å². The lowest BCUT2D eigenvalue weighted by Gasteiger charge is -2.10. The number of carbonyl (C=O) groups is 1. The summed E-state index contributed by atoms with van der Waals surface area (Å²) in [6.07, 6.45) is 3.16. The number of aliphatic hydroxyl groups excluding tert-OH is 1. The van der Waals surface area contributed by atoms with Crippen LogP contribution in [0.1, 0.15) is 22.5 Å². The minimum atomic E-state index is -0.183. The average molecular weight is 192 g/mol. The summed E-state index contributed by atoms with van der Waals surface area (Å²) in [5.74, 6) is -0.183. The first kappa shape index (κ1) is 9.15. The smallest absolute Gasteiger partial charge is 0.270 e. The highest BCUT2D eigenvalue weighted by molar-refractivity contribution is 5.94. The van der Waals surface area contributed by atoms with Gasteiger partial charge in [-0.3, -0.25) is 9.78 Å². The molecule has 0 bridgehead atoms. The average Bonchev–Trinajstić information content (AvgIpc) is 2.39. The van der Waals surface area contributed by atoms with E-state index in [9.17, 15) is 4.79 Å². The maximum atomic E-state index is 11.6. The molecule has 0 saturated heterocycles. The van der Waals surface area contributed by atoms with Crippen molar-refractivity contribution < 1.29 is 9.90 Å². The molecule has 0 aromatic carbocycles. The Balaban J connectivity index is 2.31. The SMILES string of the molecule is O=C1N[C@H](CO)CCc2cccnc21. The molecule has 4 heteroatoms. The van der Waals surface area contributed by atoms with E-state index >= 15 is 0 Å². The van der Waals surface area contributed by atoms with Gasteiger partial charge in [-0.1, -0.05) is 6.07 Å². The molecule has 0 saturated carbocycles. The molecule has 74 valence electrons. The lowest BCUT2D eigenvalue weighted by atomic mass is 10.1. The van der Waals surface area contributed by atoms with Gasteiger partial charge in [-0.05, 0) is 24.5 Å². The van der Waals surface area contributed by atoms with Gasteiger partial charge in [0.15, 0.2) is 0 Å². The highest BCUT2D eigenvalue weighted by Crippen LogP contribution is 2.13. The minimum Gasteiger partial charge on any atom is -0.394 e. The van der Waals surface area contributed by atoms with Crippen LogP contribution in [0.4, 0.5) is 0 Å². The van der Waals surface area contributed by atoms with Gasteiger partial charge in [0, 0.05) is 6.20 Å². The summed E-state index contributed by atoms with van der Waals surface area (Å²) in [5.41, 5.74) is 1.45.